The van der Waals surface area contributed by atoms with Crippen molar-refractivity contribution < 1.29 is 18.6 Å². The number of nitrogen functional groups attached to an aromatic ring is 1. The zero-order valence-corrected chi connectivity index (χ0v) is 11.0. The summed E-state index contributed by atoms with van der Waals surface area (Å²) in [4.78, 5) is 0. The number of rotatable bonds is 8. The standard InChI is InChI=1S/C12H17ClFNO3/c1-16-3-2-4-17-5-6-18-12-8-10(14)11(15)7-9(12)13/h7-8H,2-6,15H2,1H3. The molecule has 0 heterocycles. The monoisotopic (exact) mass is 277 g/mol. The number of methoxy groups -OCH3 is 1. The van der Waals surface area contributed by atoms with Crippen LogP contribution in [0.3, 0.4) is 0 Å². The summed E-state index contributed by atoms with van der Waals surface area (Å²) in [5.74, 6) is -0.278. The lowest BCUT2D eigenvalue weighted by molar-refractivity contribution is 0.0806. The molecule has 0 aliphatic rings. The van der Waals surface area contributed by atoms with Crippen LogP contribution in [0.25, 0.3) is 0 Å². The quantitative estimate of drug-likeness (QED) is 0.586. The van der Waals surface area contributed by atoms with Crippen molar-refractivity contribution in [1.29, 1.82) is 0 Å². The van der Waals surface area contributed by atoms with Gasteiger partial charge in [-0.25, -0.2) is 4.39 Å². The lowest BCUT2D eigenvalue weighted by atomic mass is 10.3. The van der Waals surface area contributed by atoms with E-state index in [1.165, 1.54) is 12.1 Å². The minimum Gasteiger partial charge on any atom is -0.490 e. The molecule has 0 atom stereocenters. The van der Waals surface area contributed by atoms with E-state index in [1.807, 2.05) is 0 Å². The Morgan fingerprint density at radius 3 is 2.72 bits per heavy atom. The van der Waals surface area contributed by atoms with Gasteiger partial charge in [0.25, 0.3) is 0 Å². The Balaban J connectivity index is 2.25. The molecule has 2 N–H and O–H groups in total. The molecule has 0 saturated carbocycles. The van der Waals surface area contributed by atoms with Gasteiger partial charge >= 0.3 is 0 Å². The first-order valence-corrected chi connectivity index (χ1v) is 5.97. The van der Waals surface area contributed by atoms with Crippen molar-refractivity contribution in [2.45, 2.75) is 6.42 Å². The van der Waals surface area contributed by atoms with E-state index in [0.29, 0.717) is 26.4 Å². The van der Waals surface area contributed by atoms with E-state index in [1.54, 1.807) is 7.11 Å². The number of nitrogens with two attached hydrogens (primary N) is 1. The van der Waals surface area contributed by atoms with E-state index < -0.39 is 5.82 Å². The van der Waals surface area contributed by atoms with Crippen LogP contribution in [0.15, 0.2) is 12.1 Å². The summed E-state index contributed by atoms with van der Waals surface area (Å²) in [6, 6.07) is 2.49. The molecule has 1 aromatic rings. The van der Waals surface area contributed by atoms with Gasteiger partial charge in [0.2, 0.25) is 0 Å². The van der Waals surface area contributed by atoms with Crippen LogP contribution in [0.4, 0.5) is 10.1 Å². The Hall–Kier alpha value is -1.04. The third-order valence-corrected chi connectivity index (χ3v) is 2.47. The predicted octanol–water partition coefficient (Wildman–Crippen LogP) is 2.49. The van der Waals surface area contributed by atoms with Crippen molar-refractivity contribution in [3.05, 3.63) is 23.0 Å². The molecule has 0 saturated heterocycles. The van der Waals surface area contributed by atoms with Crippen LogP contribution in [-0.2, 0) is 9.47 Å². The van der Waals surface area contributed by atoms with E-state index in [0.717, 1.165) is 6.42 Å². The van der Waals surface area contributed by atoms with E-state index >= 15 is 0 Å². The first-order valence-electron chi connectivity index (χ1n) is 5.59. The molecular weight excluding hydrogens is 261 g/mol. The second-order valence-electron chi connectivity index (χ2n) is 3.61. The zero-order chi connectivity index (χ0) is 13.4. The van der Waals surface area contributed by atoms with Gasteiger partial charge in [-0.15, -0.1) is 0 Å². The van der Waals surface area contributed by atoms with Gasteiger partial charge in [-0.1, -0.05) is 11.6 Å². The predicted molar refractivity (Wildman–Crippen MR) is 68.6 cm³/mol. The molecule has 0 unspecified atom stereocenters. The Bertz CT molecular complexity index is 377. The van der Waals surface area contributed by atoms with Crippen molar-refractivity contribution in [3.63, 3.8) is 0 Å². The maximum Gasteiger partial charge on any atom is 0.149 e. The van der Waals surface area contributed by atoms with Crippen molar-refractivity contribution in [2.75, 3.05) is 39.3 Å². The van der Waals surface area contributed by atoms with Gasteiger partial charge in [0.1, 0.15) is 18.2 Å². The molecule has 0 bridgehead atoms. The molecule has 0 aromatic heterocycles. The van der Waals surface area contributed by atoms with Crippen LogP contribution in [0.1, 0.15) is 6.42 Å². The third kappa shape index (κ3) is 5.08. The van der Waals surface area contributed by atoms with E-state index in [-0.39, 0.29) is 16.5 Å². The SMILES string of the molecule is COCCCOCCOc1cc(F)c(N)cc1Cl. The van der Waals surface area contributed by atoms with Crippen LogP contribution in [0.5, 0.6) is 5.75 Å². The molecule has 0 aliphatic heterocycles. The highest BCUT2D eigenvalue weighted by atomic mass is 35.5. The summed E-state index contributed by atoms with van der Waals surface area (Å²) in [7, 11) is 1.64. The normalized spacial score (nSPS) is 10.6. The van der Waals surface area contributed by atoms with Crippen LogP contribution in [0.2, 0.25) is 5.02 Å². The van der Waals surface area contributed by atoms with Crippen molar-refractivity contribution in [3.8, 4) is 5.75 Å². The highest BCUT2D eigenvalue weighted by Gasteiger charge is 2.07. The Kier molecular flexibility index (Phi) is 6.78. The molecule has 0 amide bonds. The summed E-state index contributed by atoms with van der Waals surface area (Å²) in [5.41, 5.74) is 5.36. The molecule has 0 spiro atoms. The van der Waals surface area contributed by atoms with Gasteiger partial charge in [-0.05, 0) is 12.5 Å². The third-order valence-electron chi connectivity index (χ3n) is 2.17. The summed E-state index contributed by atoms with van der Waals surface area (Å²) >= 11 is 5.85. The molecular formula is C12H17ClFNO3. The second kappa shape index (κ2) is 8.13. The lowest BCUT2D eigenvalue weighted by Crippen LogP contribution is -2.09. The first-order chi connectivity index (χ1) is 8.65. The fourth-order valence-corrected chi connectivity index (χ4v) is 1.50. The average molecular weight is 278 g/mol. The first kappa shape index (κ1) is 15.0. The highest BCUT2D eigenvalue weighted by molar-refractivity contribution is 6.32. The highest BCUT2D eigenvalue weighted by Crippen LogP contribution is 2.28. The number of benzene rings is 1. The van der Waals surface area contributed by atoms with Gasteiger partial charge in [-0.2, -0.15) is 0 Å². The summed E-state index contributed by atoms with van der Waals surface area (Å²) in [6.07, 6.45) is 0.827. The minimum atomic E-state index is -0.546. The zero-order valence-electron chi connectivity index (χ0n) is 10.2. The topological polar surface area (TPSA) is 53.7 Å². The smallest absolute Gasteiger partial charge is 0.149 e. The number of halogens is 2. The van der Waals surface area contributed by atoms with Crippen LogP contribution >= 0.6 is 11.6 Å². The average Bonchev–Trinajstić information content (AvgIpc) is 2.34. The molecule has 4 nitrogen and oxygen atoms in total. The van der Waals surface area contributed by atoms with Gasteiger partial charge in [0, 0.05) is 26.4 Å². The van der Waals surface area contributed by atoms with E-state index in [4.69, 9.17) is 31.5 Å². The summed E-state index contributed by atoms with van der Waals surface area (Å²) in [6.45, 7) is 1.97. The largest absolute Gasteiger partial charge is 0.490 e. The molecule has 18 heavy (non-hydrogen) atoms. The molecule has 1 rings (SSSR count). The van der Waals surface area contributed by atoms with Crippen molar-refractivity contribution in [2.24, 2.45) is 0 Å². The number of hydrogen-bond acceptors (Lipinski definition) is 4. The fraction of sp³-hybridized carbons (Fsp3) is 0.500. The molecule has 0 aliphatic carbocycles. The number of hydrogen-bond donors (Lipinski definition) is 1. The van der Waals surface area contributed by atoms with E-state index in [2.05, 4.69) is 0 Å². The van der Waals surface area contributed by atoms with Gasteiger partial charge in [0.15, 0.2) is 0 Å². The maximum atomic E-state index is 13.2. The van der Waals surface area contributed by atoms with Gasteiger partial charge < -0.3 is 19.9 Å². The maximum absolute atomic E-state index is 13.2. The molecule has 6 heteroatoms. The van der Waals surface area contributed by atoms with E-state index in [9.17, 15) is 4.39 Å². The Morgan fingerprint density at radius 1 is 1.22 bits per heavy atom. The Labute approximate surface area is 111 Å². The second-order valence-corrected chi connectivity index (χ2v) is 4.02. The molecule has 0 fully saturated rings. The van der Waals surface area contributed by atoms with Crippen molar-refractivity contribution >= 4 is 17.3 Å². The molecule has 0 radical (unpaired) electrons. The van der Waals surface area contributed by atoms with Gasteiger partial charge in [-0.3, -0.25) is 0 Å². The van der Waals surface area contributed by atoms with Crippen LogP contribution in [0, 0.1) is 5.82 Å². The van der Waals surface area contributed by atoms with Crippen LogP contribution < -0.4 is 10.5 Å². The molecule has 102 valence electrons. The number of ether oxygens (including phenoxy) is 3. The fourth-order valence-electron chi connectivity index (χ4n) is 1.27. The summed E-state index contributed by atoms with van der Waals surface area (Å²) in [5, 5.41) is 0.285. The van der Waals surface area contributed by atoms with Crippen molar-refractivity contribution in [1.82, 2.24) is 0 Å². The summed E-state index contributed by atoms with van der Waals surface area (Å²) < 4.78 is 28.6. The van der Waals surface area contributed by atoms with Gasteiger partial charge in [0.05, 0.1) is 17.3 Å². The molecule has 1 aromatic carbocycles. The lowest BCUT2D eigenvalue weighted by Gasteiger charge is -2.09. The minimum absolute atomic E-state index is 0.00293. The number of anilines is 1. The van der Waals surface area contributed by atoms with Crippen LogP contribution in [-0.4, -0.2) is 33.5 Å². The Morgan fingerprint density at radius 2 is 2.00 bits per heavy atom.